The fourth-order valence-electron chi connectivity index (χ4n) is 5.28. The minimum Gasteiger partial charge on any atom is -0.492 e. The molecule has 0 amide bonds. The van der Waals surface area contributed by atoms with E-state index in [1.165, 1.54) is 7.11 Å². The summed E-state index contributed by atoms with van der Waals surface area (Å²) in [5.74, 6) is 0.552. The van der Waals surface area contributed by atoms with Crippen molar-refractivity contribution in [1.29, 1.82) is 0 Å². The maximum atomic E-state index is 13.4. The van der Waals surface area contributed by atoms with Crippen molar-refractivity contribution < 1.29 is 14.3 Å². The van der Waals surface area contributed by atoms with Gasteiger partial charge in [-0.3, -0.25) is 9.69 Å². The molecule has 0 aliphatic carbocycles. The Labute approximate surface area is 175 Å². The van der Waals surface area contributed by atoms with E-state index in [-0.39, 0.29) is 24.5 Å². The monoisotopic (exact) mass is 407 g/mol. The Balaban J connectivity index is 1.75. The second-order valence-corrected chi connectivity index (χ2v) is 8.40. The number of carbonyl (C=O) groups is 1. The average Bonchev–Trinajstić information content (AvgIpc) is 3.07. The SMILES string of the molecule is COC(=O)[C@]12COc3ccc4ccccc4c3[C@H]1N(C)C[C@H]2c1ccc(Cl)cc1. The van der Waals surface area contributed by atoms with Gasteiger partial charge in [0, 0.05) is 23.0 Å². The number of benzene rings is 3. The smallest absolute Gasteiger partial charge is 0.317 e. The molecular formula is C24H22ClNO3. The van der Waals surface area contributed by atoms with Crippen LogP contribution in [-0.4, -0.2) is 38.2 Å². The molecule has 3 aromatic rings. The zero-order valence-electron chi connectivity index (χ0n) is 16.4. The highest BCUT2D eigenvalue weighted by Crippen LogP contribution is 2.60. The van der Waals surface area contributed by atoms with Crippen molar-refractivity contribution >= 4 is 28.3 Å². The maximum Gasteiger partial charge on any atom is 0.317 e. The standard InChI is InChI=1S/C24H22ClNO3/c1-26-13-19(16-7-10-17(25)11-8-16)24(23(27)28-2)14-29-20-12-9-15-5-3-4-6-18(15)21(20)22(24)26/h3-12,19,22H,13-14H2,1-2H3/t19-,22+,24-/m0/s1. The Bertz CT molecular complexity index is 1100. The van der Waals surface area contributed by atoms with Gasteiger partial charge in [-0.05, 0) is 41.6 Å². The van der Waals surface area contributed by atoms with E-state index in [2.05, 4.69) is 30.1 Å². The molecule has 2 aliphatic heterocycles. The fourth-order valence-corrected chi connectivity index (χ4v) is 5.41. The predicted molar refractivity (Wildman–Crippen MR) is 113 cm³/mol. The van der Waals surface area contributed by atoms with Gasteiger partial charge < -0.3 is 9.47 Å². The van der Waals surface area contributed by atoms with Crippen molar-refractivity contribution in [2.24, 2.45) is 5.41 Å². The zero-order valence-corrected chi connectivity index (χ0v) is 17.1. The molecule has 0 bridgehead atoms. The van der Waals surface area contributed by atoms with Gasteiger partial charge in [-0.25, -0.2) is 0 Å². The predicted octanol–water partition coefficient (Wildman–Crippen LogP) is 4.82. The quantitative estimate of drug-likeness (QED) is 0.571. The van der Waals surface area contributed by atoms with Crippen molar-refractivity contribution in [3.05, 3.63) is 76.8 Å². The summed E-state index contributed by atoms with van der Waals surface area (Å²) in [6.45, 7) is 1.01. The van der Waals surface area contributed by atoms with Gasteiger partial charge in [0.25, 0.3) is 0 Å². The summed E-state index contributed by atoms with van der Waals surface area (Å²) in [5.41, 5.74) is 1.31. The maximum absolute atomic E-state index is 13.4. The second kappa shape index (κ2) is 6.75. The first kappa shape index (κ1) is 18.5. The van der Waals surface area contributed by atoms with Crippen LogP contribution >= 0.6 is 11.6 Å². The number of halogens is 1. The molecule has 29 heavy (non-hydrogen) atoms. The first-order chi connectivity index (χ1) is 14.1. The molecule has 0 radical (unpaired) electrons. The molecule has 5 rings (SSSR count). The molecule has 0 N–H and O–H groups in total. The minimum absolute atomic E-state index is 0.0608. The van der Waals surface area contributed by atoms with Gasteiger partial charge in [-0.2, -0.15) is 0 Å². The van der Waals surface area contributed by atoms with Crippen LogP contribution in [0.25, 0.3) is 10.8 Å². The highest BCUT2D eigenvalue weighted by Gasteiger charge is 2.63. The number of ether oxygens (including phenoxy) is 2. The molecular weight excluding hydrogens is 386 g/mol. The Hall–Kier alpha value is -2.56. The van der Waals surface area contributed by atoms with E-state index in [1.807, 2.05) is 42.5 Å². The molecule has 0 unspecified atom stereocenters. The molecule has 0 spiro atoms. The lowest BCUT2D eigenvalue weighted by atomic mass is 9.67. The van der Waals surface area contributed by atoms with Gasteiger partial charge in [0.15, 0.2) is 0 Å². The summed E-state index contributed by atoms with van der Waals surface area (Å²) in [6.07, 6.45) is 0. The van der Waals surface area contributed by atoms with Crippen LogP contribution in [0.1, 0.15) is 23.1 Å². The third-order valence-electron chi connectivity index (χ3n) is 6.53. The number of fused-ring (bicyclic) bond motifs is 5. The lowest BCUT2D eigenvalue weighted by molar-refractivity contribution is -0.159. The van der Waals surface area contributed by atoms with Crippen LogP contribution in [0.4, 0.5) is 0 Å². The molecule has 1 fully saturated rings. The molecule has 2 aliphatic rings. The van der Waals surface area contributed by atoms with Crippen LogP contribution in [0.15, 0.2) is 60.7 Å². The van der Waals surface area contributed by atoms with E-state index in [0.29, 0.717) is 5.02 Å². The number of carbonyl (C=O) groups excluding carboxylic acids is 1. The summed E-state index contributed by atoms with van der Waals surface area (Å²) < 4.78 is 11.6. The first-order valence-electron chi connectivity index (χ1n) is 9.75. The number of esters is 1. The van der Waals surface area contributed by atoms with E-state index in [4.69, 9.17) is 21.1 Å². The van der Waals surface area contributed by atoms with Gasteiger partial charge in [0.05, 0.1) is 13.2 Å². The van der Waals surface area contributed by atoms with Crippen LogP contribution in [0.2, 0.25) is 5.02 Å². The van der Waals surface area contributed by atoms with Crippen LogP contribution in [0, 0.1) is 5.41 Å². The van der Waals surface area contributed by atoms with Crippen LogP contribution in [-0.2, 0) is 9.53 Å². The Morgan fingerprint density at radius 2 is 1.90 bits per heavy atom. The van der Waals surface area contributed by atoms with Crippen molar-refractivity contribution in [2.45, 2.75) is 12.0 Å². The first-order valence-corrected chi connectivity index (χ1v) is 10.1. The van der Waals surface area contributed by atoms with E-state index in [0.717, 1.165) is 34.2 Å². The number of nitrogens with zero attached hydrogens (tertiary/aromatic N) is 1. The summed E-state index contributed by atoms with van der Waals surface area (Å²) in [5, 5.41) is 2.94. The molecule has 5 heteroatoms. The highest BCUT2D eigenvalue weighted by molar-refractivity contribution is 6.30. The summed E-state index contributed by atoms with van der Waals surface area (Å²) in [4.78, 5) is 15.6. The van der Waals surface area contributed by atoms with E-state index in [9.17, 15) is 4.79 Å². The van der Waals surface area contributed by atoms with Crippen molar-refractivity contribution in [2.75, 3.05) is 27.3 Å². The zero-order chi connectivity index (χ0) is 20.2. The molecule has 0 aromatic heterocycles. The van der Waals surface area contributed by atoms with E-state index in [1.54, 1.807) is 0 Å². The van der Waals surface area contributed by atoms with E-state index < -0.39 is 5.41 Å². The van der Waals surface area contributed by atoms with Gasteiger partial charge >= 0.3 is 5.97 Å². The normalized spacial score (nSPS) is 25.9. The summed E-state index contributed by atoms with van der Waals surface area (Å²) in [6, 6.07) is 20.0. The number of hydrogen-bond donors (Lipinski definition) is 0. The van der Waals surface area contributed by atoms with Crippen molar-refractivity contribution in [1.82, 2.24) is 4.90 Å². The van der Waals surface area contributed by atoms with Gasteiger partial charge in [-0.15, -0.1) is 0 Å². The van der Waals surface area contributed by atoms with E-state index >= 15 is 0 Å². The van der Waals surface area contributed by atoms with Crippen molar-refractivity contribution in [3.8, 4) is 5.75 Å². The van der Waals surface area contributed by atoms with Crippen LogP contribution in [0.5, 0.6) is 5.75 Å². The molecule has 3 aromatic carbocycles. The van der Waals surface area contributed by atoms with Crippen molar-refractivity contribution in [3.63, 3.8) is 0 Å². The molecule has 4 nitrogen and oxygen atoms in total. The van der Waals surface area contributed by atoms with Crippen LogP contribution in [0.3, 0.4) is 0 Å². The topological polar surface area (TPSA) is 38.8 Å². The molecule has 1 saturated heterocycles. The van der Waals surface area contributed by atoms with Gasteiger partial charge in [0.1, 0.15) is 17.8 Å². The van der Waals surface area contributed by atoms with Gasteiger partial charge in [-0.1, -0.05) is 54.1 Å². The minimum atomic E-state index is -0.825. The number of hydrogen-bond acceptors (Lipinski definition) is 4. The third-order valence-corrected chi connectivity index (χ3v) is 6.78. The molecule has 148 valence electrons. The highest BCUT2D eigenvalue weighted by atomic mass is 35.5. The lowest BCUT2D eigenvalue weighted by Crippen LogP contribution is -2.48. The number of likely N-dealkylation sites (N-methyl/N-ethyl adjacent to an activating group) is 1. The number of rotatable bonds is 2. The number of methoxy groups -OCH3 is 1. The Morgan fingerprint density at radius 1 is 1.14 bits per heavy atom. The molecule has 0 saturated carbocycles. The second-order valence-electron chi connectivity index (χ2n) is 7.97. The van der Waals surface area contributed by atoms with Gasteiger partial charge in [0.2, 0.25) is 0 Å². The fraction of sp³-hybridized carbons (Fsp3) is 0.292. The largest absolute Gasteiger partial charge is 0.492 e. The Morgan fingerprint density at radius 3 is 2.66 bits per heavy atom. The molecule has 3 atom stereocenters. The number of likely N-dealkylation sites (tertiary alicyclic amines) is 1. The summed E-state index contributed by atoms with van der Waals surface area (Å²) >= 11 is 6.11. The lowest BCUT2D eigenvalue weighted by Gasteiger charge is -2.42. The average molecular weight is 408 g/mol. The van der Waals surface area contributed by atoms with Crippen LogP contribution < -0.4 is 4.74 Å². The summed E-state index contributed by atoms with van der Waals surface area (Å²) in [7, 11) is 3.54. The molecule has 2 heterocycles. The third kappa shape index (κ3) is 2.59. The Kier molecular flexibility index (Phi) is 4.30.